The van der Waals surface area contributed by atoms with Crippen LogP contribution in [-0.2, 0) is 0 Å². The van der Waals surface area contributed by atoms with E-state index >= 15 is 0 Å². The van der Waals surface area contributed by atoms with Crippen LogP contribution >= 0.6 is 0 Å². The molecule has 0 radical (unpaired) electrons. The average Bonchev–Trinajstić information content (AvgIpc) is 2.15. The van der Waals surface area contributed by atoms with Gasteiger partial charge in [0.25, 0.3) is 11.5 Å². The highest BCUT2D eigenvalue weighted by atomic mass is 16.2. The Morgan fingerprint density at radius 3 is 2.67 bits per heavy atom. The van der Waals surface area contributed by atoms with Crippen molar-refractivity contribution in [3.63, 3.8) is 0 Å². The van der Waals surface area contributed by atoms with Crippen LogP contribution < -0.4 is 17.0 Å². The smallest absolute Gasteiger partial charge is 0.326 e. The van der Waals surface area contributed by atoms with Gasteiger partial charge in [0.15, 0.2) is 0 Å². The molecule has 0 saturated heterocycles. The Balaban J connectivity index is 3.01. The van der Waals surface area contributed by atoms with E-state index < -0.39 is 17.2 Å². The molecule has 82 valence electrons. The minimum absolute atomic E-state index is 0.0419. The molecule has 0 unspecified atom stereocenters. The highest BCUT2D eigenvalue weighted by Gasteiger charge is 2.12. The topological polar surface area (TPSA) is 112 Å². The van der Waals surface area contributed by atoms with E-state index in [0.717, 1.165) is 6.07 Å². The first kappa shape index (κ1) is 11.2. The number of amides is 1. The van der Waals surface area contributed by atoms with Crippen molar-refractivity contribution >= 4 is 5.91 Å². The molecule has 0 aliphatic heterocycles. The number of likely N-dealkylation sites (N-methyl/N-ethyl adjacent to an activating group) is 1. The van der Waals surface area contributed by atoms with Gasteiger partial charge in [0, 0.05) is 26.2 Å². The van der Waals surface area contributed by atoms with Crippen LogP contribution in [0, 0.1) is 0 Å². The van der Waals surface area contributed by atoms with Crippen molar-refractivity contribution in [3.8, 4) is 0 Å². The van der Waals surface area contributed by atoms with Gasteiger partial charge in [0.05, 0.1) is 0 Å². The maximum atomic E-state index is 11.6. The molecular weight excluding hydrogens is 200 g/mol. The van der Waals surface area contributed by atoms with Gasteiger partial charge in [-0.05, 0) is 0 Å². The van der Waals surface area contributed by atoms with Gasteiger partial charge in [-0.2, -0.15) is 0 Å². The summed E-state index contributed by atoms with van der Waals surface area (Å²) in [4.78, 5) is 38.9. The van der Waals surface area contributed by atoms with Crippen molar-refractivity contribution in [1.29, 1.82) is 0 Å². The standard InChI is InChI=1S/C8H12N4O3/c1-12(3-2-9)7(14)5-4-6(13)11-8(15)10-5/h4H,2-3,9H2,1H3,(H2,10,11,13,15). The van der Waals surface area contributed by atoms with Gasteiger partial charge in [0.2, 0.25) is 0 Å². The highest BCUT2D eigenvalue weighted by molar-refractivity contribution is 5.91. The Morgan fingerprint density at radius 2 is 2.13 bits per heavy atom. The van der Waals surface area contributed by atoms with Crippen LogP contribution in [0.15, 0.2) is 15.7 Å². The number of aromatic amines is 2. The molecule has 0 aliphatic carbocycles. The summed E-state index contributed by atoms with van der Waals surface area (Å²) in [5.41, 5.74) is 3.92. The molecule has 1 heterocycles. The van der Waals surface area contributed by atoms with E-state index in [2.05, 4.69) is 4.98 Å². The summed E-state index contributed by atoms with van der Waals surface area (Å²) in [6.07, 6.45) is 0. The first-order valence-corrected chi connectivity index (χ1v) is 4.34. The molecule has 1 aromatic heterocycles. The second kappa shape index (κ2) is 4.56. The molecule has 0 saturated carbocycles. The van der Waals surface area contributed by atoms with Gasteiger partial charge >= 0.3 is 5.69 Å². The lowest BCUT2D eigenvalue weighted by Gasteiger charge is -2.14. The number of nitrogens with one attached hydrogen (secondary N) is 2. The molecule has 0 aliphatic rings. The largest absolute Gasteiger partial charge is 0.339 e. The van der Waals surface area contributed by atoms with E-state index in [1.54, 1.807) is 0 Å². The Labute approximate surface area is 84.9 Å². The molecule has 0 fully saturated rings. The number of nitrogens with two attached hydrogens (primary N) is 1. The number of carbonyl (C=O) groups excluding carboxylic acids is 1. The number of rotatable bonds is 3. The Bertz CT molecular complexity index is 433. The van der Waals surface area contributed by atoms with E-state index in [9.17, 15) is 14.4 Å². The maximum absolute atomic E-state index is 11.6. The third-order valence-electron chi connectivity index (χ3n) is 1.80. The molecule has 0 bridgehead atoms. The lowest BCUT2D eigenvalue weighted by Crippen LogP contribution is -2.35. The monoisotopic (exact) mass is 212 g/mol. The van der Waals surface area contributed by atoms with Gasteiger partial charge in [-0.1, -0.05) is 0 Å². The van der Waals surface area contributed by atoms with E-state index in [0.29, 0.717) is 13.1 Å². The Hall–Kier alpha value is -1.89. The van der Waals surface area contributed by atoms with Crippen molar-refractivity contribution in [2.24, 2.45) is 5.73 Å². The predicted molar refractivity (Wildman–Crippen MR) is 53.7 cm³/mol. The number of hydrogen-bond acceptors (Lipinski definition) is 4. The van der Waals surface area contributed by atoms with Crippen molar-refractivity contribution in [2.75, 3.05) is 20.1 Å². The molecule has 1 amide bonds. The van der Waals surface area contributed by atoms with Crippen molar-refractivity contribution in [2.45, 2.75) is 0 Å². The maximum Gasteiger partial charge on any atom is 0.326 e. The van der Waals surface area contributed by atoms with Crippen LogP contribution in [0.4, 0.5) is 0 Å². The summed E-state index contributed by atoms with van der Waals surface area (Å²) in [7, 11) is 1.54. The fourth-order valence-electron chi connectivity index (χ4n) is 1.08. The Morgan fingerprint density at radius 1 is 1.47 bits per heavy atom. The van der Waals surface area contributed by atoms with Crippen LogP contribution in [0.1, 0.15) is 10.5 Å². The van der Waals surface area contributed by atoms with Gasteiger partial charge in [-0.15, -0.1) is 0 Å². The van der Waals surface area contributed by atoms with Gasteiger partial charge in [-0.25, -0.2) is 4.79 Å². The number of H-pyrrole nitrogens is 2. The SMILES string of the molecule is CN(CCN)C(=O)c1cc(=O)[nH]c(=O)[nH]1. The van der Waals surface area contributed by atoms with Crippen LogP contribution in [-0.4, -0.2) is 40.9 Å². The first-order chi connectivity index (χ1) is 7.04. The zero-order chi connectivity index (χ0) is 11.4. The molecule has 0 aromatic carbocycles. The first-order valence-electron chi connectivity index (χ1n) is 4.34. The predicted octanol–water partition coefficient (Wildman–Crippen LogP) is -1.91. The number of nitrogens with zero attached hydrogens (tertiary/aromatic N) is 1. The summed E-state index contributed by atoms with van der Waals surface area (Å²) < 4.78 is 0. The van der Waals surface area contributed by atoms with Crippen LogP contribution in [0.5, 0.6) is 0 Å². The second-order valence-corrected chi connectivity index (χ2v) is 3.02. The molecule has 7 heteroatoms. The quantitative estimate of drug-likeness (QED) is 0.542. The zero-order valence-electron chi connectivity index (χ0n) is 8.24. The number of aromatic nitrogens is 2. The summed E-state index contributed by atoms with van der Waals surface area (Å²) >= 11 is 0. The molecule has 7 nitrogen and oxygen atoms in total. The van der Waals surface area contributed by atoms with E-state index in [1.165, 1.54) is 11.9 Å². The molecule has 0 spiro atoms. The second-order valence-electron chi connectivity index (χ2n) is 3.02. The lowest BCUT2D eigenvalue weighted by molar-refractivity contribution is 0.0792. The summed E-state index contributed by atoms with van der Waals surface area (Å²) in [5.74, 6) is -0.441. The number of hydrogen-bond donors (Lipinski definition) is 3. The summed E-state index contributed by atoms with van der Waals surface area (Å²) in [6.45, 7) is 0.670. The molecule has 0 atom stereocenters. The van der Waals surface area contributed by atoms with E-state index in [-0.39, 0.29) is 5.69 Å². The van der Waals surface area contributed by atoms with Crippen molar-refractivity contribution < 1.29 is 4.79 Å². The lowest BCUT2D eigenvalue weighted by atomic mass is 10.3. The Kier molecular flexibility index (Phi) is 3.40. The summed E-state index contributed by atoms with van der Waals surface area (Å²) in [6, 6.07) is 1.04. The van der Waals surface area contributed by atoms with Gasteiger partial charge < -0.3 is 15.6 Å². The van der Waals surface area contributed by atoms with Crippen LogP contribution in [0.3, 0.4) is 0 Å². The van der Waals surface area contributed by atoms with Crippen LogP contribution in [0.25, 0.3) is 0 Å². The molecule has 4 N–H and O–H groups in total. The zero-order valence-corrected chi connectivity index (χ0v) is 8.24. The summed E-state index contributed by atoms with van der Waals surface area (Å²) in [5, 5.41) is 0. The van der Waals surface area contributed by atoms with Crippen molar-refractivity contribution in [1.82, 2.24) is 14.9 Å². The normalized spacial score (nSPS) is 10.0. The van der Waals surface area contributed by atoms with Crippen molar-refractivity contribution in [3.05, 3.63) is 32.6 Å². The van der Waals surface area contributed by atoms with E-state index in [4.69, 9.17) is 5.73 Å². The fourth-order valence-corrected chi connectivity index (χ4v) is 1.08. The minimum Gasteiger partial charge on any atom is -0.339 e. The van der Waals surface area contributed by atoms with E-state index in [1.807, 2.05) is 4.98 Å². The third kappa shape index (κ3) is 2.78. The number of carbonyl (C=O) groups is 1. The van der Waals surface area contributed by atoms with Crippen LogP contribution in [0.2, 0.25) is 0 Å². The molecule has 15 heavy (non-hydrogen) atoms. The fraction of sp³-hybridized carbons (Fsp3) is 0.375. The molecule has 1 aromatic rings. The van der Waals surface area contributed by atoms with Gasteiger partial charge in [0.1, 0.15) is 5.69 Å². The molecular formula is C8H12N4O3. The minimum atomic E-state index is -0.702. The average molecular weight is 212 g/mol. The van der Waals surface area contributed by atoms with Gasteiger partial charge in [-0.3, -0.25) is 14.6 Å². The third-order valence-corrected chi connectivity index (χ3v) is 1.80. The highest BCUT2D eigenvalue weighted by Crippen LogP contribution is 1.93. The molecule has 1 rings (SSSR count).